The molecule has 0 aliphatic rings. The maximum Gasteiger partial charge on any atom is 0.387 e. The zero-order valence-electron chi connectivity index (χ0n) is 12.4. The number of nitrogens with one attached hydrogen (secondary N) is 1. The average molecular weight is 349 g/mol. The third-order valence-electron chi connectivity index (χ3n) is 3.13. The number of carbonyl (C=O) groups is 1. The molecule has 9 heteroatoms. The molecule has 3 rings (SSSR count). The minimum Gasteiger partial charge on any atom is -0.431 e. The lowest BCUT2D eigenvalue weighted by Gasteiger charge is -2.11. The average Bonchev–Trinajstić information content (AvgIpc) is 2.59. The summed E-state index contributed by atoms with van der Waals surface area (Å²) in [5.74, 6) is -2.15. The van der Waals surface area contributed by atoms with Crippen LogP contribution in [-0.4, -0.2) is 22.5 Å². The van der Waals surface area contributed by atoms with Crippen molar-refractivity contribution in [1.82, 2.24) is 9.97 Å². The van der Waals surface area contributed by atoms with Gasteiger partial charge in [-0.05, 0) is 30.3 Å². The van der Waals surface area contributed by atoms with E-state index in [0.29, 0.717) is 5.39 Å². The van der Waals surface area contributed by atoms with E-state index >= 15 is 0 Å². The van der Waals surface area contributed by atoms with E-state index in [0.717, 1.165) is 6.07 Å². The van der Waals surface area contributed by atoms with Gasteiger partial charge in [-0.3, -0.25) is 0 Å². The molecule has 0 aliphatic carbocycles. The molecule has 0 fully saturated rings. The van der Waals surface area contributed by atoms with E-state index in [1.807, 2.05) is 0 Å². The summed E-state index contributed by atoms with van der Waals surface area (Å²) in [7, 11) is 0. The summed E-state index contributed by atoms with van der Waals surface area (Å²) in [6.07, 6.45) is 1.29. The van der Waals surface area contributed by atoms with Crippen LogP contribution in [-0.2, 0) is 4.84 Å². The molecule has 128 valence electrons. The molecular weight excluding hydrogens is 339 g/mol. The molecule has 0 aliphatic heterocycles. The number of benzene rings is 1. The van der Waals surface area contributed by atoms with Crippen LogP contribution in [0, 0.1) is 5.95 Å². The van der Waals surface area contributed by atoms with Crippen molar-refractivity contribution >= 4 is 22.7 Å². The second-order valence-electron chi connectivity index (χ2n) is 4.73. The van der Waals surface area contributed by atoms with Crippen molar-refractivity contribution in [2.75, 3.05) is 5.48 Å². The maximum atomic E-state index is 13.3. The smallest absolute Gasteiger partial charge is 0.387 e. The van der Waals surface area contributed by atoms with E-state index in [2.05, 4.69) is 20.2 Å². The molecule has 3 aromatic rings. The molecule has 0 saturated carbocycles. The Morgan fingerprint density at radius 3 is 2.76 bits per heavy atom. The molecule has 0 saturated heterocycles. The Hall–Kier alpha value is -3.36. The Labute approximate surface area is 139 Å². The topological polar surface area (TPSA) is 73.3 Å². The van der Waals surface area contributed by atoms with Gasteiger partial charge >= 0.3 is 12.6 Å². The number of aromatic nitrogens is 2. The van der Waals surface area contributed by atoms with Gasteiger partial charge < -0.3 is 9.57 Å². The van der Waals surface area contributed by atoms with Crippen LogP contribution in [0.3, 0.4) is 0 Å². The fourth-order valence-corrected chi connectivity index (χ4v) is 2.10. The first-order valence-corrected chi connectivity index (χ1v) is 6.97. The number of carbonyl (C=O) groups excluding carboxylic acids is 1. The number of fused-ring (bicyclic) bond motifs is 1. The Kier molecular flexibility index (Phi) is 4.64. The Balaban J connectivity index is 1.81. The SMILES string of the molecule is O=C(ONc1ncccc1OC(F)F)c1cccc2ccc(F)nc12. The number of hydrogen-bond donors (Lipinski definition) is 1. The van der Waals surface area contributed by atoms with Gasteiger partial charge in [0.05, 0.1) is 11.1 Å². The van der Waals surface area contributed by atoms with E-state index in [-0.39, 0.29) is 22.6 Å². The fourth-order valence-electron chi connectivity index (χ4n) is 2.10. The number of rotatable bonds is 5. The van der Waals surface area contributed by atoms with Crippen molar-refractivity contribution in [3.05, 3.63) is 60.2 Å². The molecule has 1 aromatic carbocycles. The van der Waals surface area contributed by atoms with E-state index in [1.165, 1.54) is 30.5 Å². The zero-order valence-corrected chi connectivity index (χ0v) is 12.4. The van der Waals surface area contributed by atoms with Crippen molar-refractivity contribution in [3.8, 4) is 5.75 Å². The van der Waals surface area contributed by atoms with E-state index in [9.17, 15) is 18.0 Å². The third-order valence-corrected chi connectivity index (χ3v) is 3.13. The van der Waals surface area contributed by atoms with Crippen LogP contribution in [0.15, 0.2) is 48.7 Å². The zero-order chi connectivity index (χ0) is 17.8. The van der Waals surface area contributed by atoms with E-state index < -0.39 is 18.5 Å². The Morgan fingerprint density at radius 1 is 1.12 bits per heavy atom. The predicted molar refractivity (Wildman–Crippen MR) is 81.6 cm³/mol. The largest absolute Gasteiger partial charge is 0.431 e. The molecule has 0 bridgehead atoms. The van der Waals surface area contributed by atoms with Crippen LogP contribution in [0.5, 0.6) is 5.75 Å². The van der Waals surface area contributed by atoms with Crippen LogP contribution in [0.25, 0.3) is 10.9 Å². The monoisotopic (exact) mass is 349 g/mol. The van der Waals surface area contributed by atoms with Gasteiger partial charge in [0.25, 0.3) is 0 Å². The van der Waals surface area contributed by atoms with Gasteiger partial charge in [0.2, 0.25) is 11.8 Å². The fraction of sp³-hybridized carbons (Fsp3) is 0.0625. The van der Waals surface area contributed by atoms with Gasteiger partial charge in [-0.1, -0.05) is 12.1 Å². The van der Waals surface area contributed by atoms with Crippen LogP contribution in [0.1, 0.15) is 10.4 Å². The van der Waals surface area contributed by atoms with Crippen molar-refractivity contribution in [3.63, 3.8) is 0 Å². The number of anilines is 1. The molecule has 0 radical (unpaired) electrons. The number of nitrogens with zero attached hydrogens (tertiary/aromatic N) is 2. The maximum absolute atomic E-state index is 13.3. The van der Waals surface area contributed by atoms with Crippen LogP contribution in [0.4, 0.5) is 19.0 Å². The molecule has 25 heavy (non-hydrogen) atoms. The number of ether oxygens (including phenoxy) is 1. The summed E-state index contributed by atoms with van der Waals surface area (Å²) in [4.78, 5) is 24.5. The van der Waals surface area contributed by atoms with Crippen molar-refractivity contribution in [1.29, 1.82) is 0 Å². The highest BCUT2D eigenvalue weighted by Gasteiger charge is 2.16. The first-order chi connectivity index (χ1) is 12.0. The Morgan fingerprint density at radius 2 is 1.96 bits per heavy atom. The van der Waals surface area contributed by atoms with Crippen molar-refractivity contribution in [2.24, 2.45) is 0 Å². The molecule has 0 unspecified atom stereocenters. The van der Waals surface area contributed by atoms with Gasteiger partial charge in [-0.15, -0.1) is 0 Å². The van der Waals surface area contributed by atoms with Gasteiger partial charge in [0.15, 0.2) is 5.75 Å². The van der Waals surface area contributed by atoms with Gasteiger partial charge in [-0.25, -0.2) is 14.8 Å². The second kappa shape index (κ2) is 7.04. The summed E-state index contributed by atoms with van der Waals surface area (Å²) in [5.41, 5.74) is 2.26. The normalized spacial score (nSPS) is 10.7. The summed E-state index contributed by atoms with van der Waals surface area (Å²) < 4.78 is 42.3. The predicted octanol–water partition coefficient (Wildman–Crippen LogP) is 3.55. The van der Waals surface area contributed by atoms with Gasteiger partial charge in [0.1, 0.15) is 0 Å². The molecule has 0 spiro atoms. The molecule has 6 nitrogen and oxygen atoms in total. The number of para-hydroxylation sites is 1. The first-order valence-electron chi connectivity index (χ1n) is 6.97. The quantitative estimate of drug-likeness (QED) is 0.561. The lowest BCUT2D eigenvalue weighted by molar-refractivity contribution is -0.0497. The molecule has 0 amide bonds. The first kappa shape index (κ1) is 16.5. The van der Waals surface area contributed by atoms with E-state index in [4.69, 9.17) is 4.84 Å². The van der Waals surface area contributed by atoms with Crippen LogP contribution in [0.2, 0.25) is 0 Å². The summed E-state index contributed by atoms with van der Waals surface area (Å²) in [5, 5.41) is 0.537. The molecule has 2 aromatic heterocycles. The minimum absolute atomic E-state index is 0.00300. The Bertz CT molecular complexity index is 921. The molecular formula is C16H10F3N3O3. The van der Waals surface area contributed by atoms with Crippen molar-refractivity contribution in [2.45, 2.75) is 6.61 Å². The molecule has 2 heterocycles. The highest BCUT2D eigenvalue weighted by atomic mass is 19.3. The van der Waals surface area contributed by atoms with E-state index in [1.54, 1.807) is 12.1 Å². The highest BCUT2D eigenvalue weighted by Crippen LogP contribution is 2.24. The van der Waals surface area contributed by atoms with Crippen LogP contribution < -0.4 is 10.2 Å². The summed E-state index contributed by atoms with van der Waals surface area (Å²) in [6.45, 7) is -3.06. The number of halogens is 3. The minimum atomic E-state index is -3.06. The van der Waals surface area contributed by atoms with Gasteiger partial charge in [0, 0.05) is 11.6 Å². The molecule has 0 atom stereocenters. The standard InChI is InChI=1S/C16H10F3N3O3/c17-12-7-6-9-3-1-4-10(13(9)21-12)15(23)25-22-14-11(24-16(18)19)5-2-8-20-14/h1-8,16H,(H,20,22). The highest BCUT2D eigenvalue weighted by molar-refractivity contribution is 6.02. The summed E-state index contributed by atoms with van der Waals surface area (Å²) >= 11 is 0. The lowest BCUT2D eigenvalue weighted by atomic mass is 10.1. The van der Waals surface area contributed by atoms with Gasteiger partial charge in [-0.2, -0.15) is 18.7 Å². The van der Waals surface area contributed by atoms with Crippen molar-refractivity contribution < 1.29 is 27.5 Å². The number of pyridine rings is 2. The second-order valence-corrected chi connectivity index (χ2v) is 4.73. The van der Waals surface area contributed by atoms with Crippen LogP contribution >= 0.6 is 0 Å². The number of alkyl halides is 2. The summed E-state index contributed by atoms with van der Waals surface area (Å²) in [6, 6.07) is 9.86. The molecule has 1 N–H and O–H groups in total. The third kappa shape index (κ3) is 3.77. The lowest BCUT2D eigenvalue weighted by Crippen LogP contribution is -2.14. The number of hydrogen-bond acceptors (Lipinski definition) is 6.